The van der Waals surface area contributed by atoms with Crippen LogP contribution in [-0.4, -0.2) is 13.1 Å². The second-order valence-corrected chi connectivity index (χ2v) is 3.93. The summed E-state index contributed by atoms with van der Waals surface area (Å²) < 4.78 is 0. The van der Waals surface area contributed by atoms with Crippen molar-refractivity contribution >= 4 is 11.6 Å². The number of rotatable bonds is 1. The van der Waals surface area contributed by atoms with Crippen LogP contribution in [0.15, 0.2) is 24.3 Å². The second kappa shape index (κ2) is 4.12. The summed E-state index contributed by atoms with van der Waals surface area (Å²) in [5.41, 5.74) is 1.42. The average Bonchev–Trinajstić information content (AvgIpc) is 2.20. The summed E-state index contributed by atoms with van der Waals surface area (Å²) in [4.78, 5) is 0. The summed E-state index contributed by atoms with van der Waals surface area (Å²) in [6.07, 6.45) is 2.39. The van der Waals surface area contributed by atoms with Gasteiger partial charge >= 0.3 is 0 Å². The first-order valence-electron chi connectivity index (χ1n) is 4.75. The molecule has 2 heteroatoms. The topological polar surface area (TPSA) is 14.1 Å². The van der Waals surface area contributed by atoms with Gasteiger partial charge in [0.15, 0.2) is 0 Å². The Morgan fingerprint density at radius 1 is 1.08 bits per heavy atom. The van der Waals surface area contributed by atoms with Gasteiger partial charge in [-0.15, -0.1) is 0 Å². The molecular formula is C11H13ClN. The third-order valence-corrected chi connectivity index (χ3v) is 2.86. The minimum absolute atomic E-state index is 0.703. The normalized spacial score (nSPS) is 18.8. The van der Waals surface area contributed by atoms with Crippen LogP contribution in [-0.2, 0) is 0 Å². The van der Waals surface area contributed by atoms with Crippen LogP contribution in [0.25, 0.3) is 0 Å². The van der Waals surface area contributed by atoms with E-state index in [9.17, 15) is 0 Å². The molecule has 0 N–H and O–H groups in total. The first-order chi connectivity index (χ1) is 6.36. The van der Waals surface area contributed by atoms with E-state index < -0.39 is 0 Å². The highest BCUT2D eigenvalue weighted by Gasteiger charge is 2.14. The molecule has 1 aromatic carbocycles. The van der Waals surface area contributed by atoms with Gasteiger partial charge in [0, 0.05) is 18.1 Å². The Labute approximate surface area is 84.1 Å². The molecule has 1 fully saturated rings. The fourth-order valence-electron chi connectivity index (χ4n) is 1.82. The Hall–Kier alpha value is -0.530. The third-order valence-electron chi connectivity index (χ3n) is 2.61. The van der Waals surface area contributed by atoms with Crippen LogP contribution < -0.4 is 5.32 Å². The van der Waals surface area contributed by atoms with Crippen molar-refractivity contribution in [1.29, 1.82) is 0 Å². The van der Waals surface area contributed by atoms with E-state index in [-0.39, 0.29) is 0 Å². The van der Waals surface area contributed by atoms with Gasteiger partial charge in [-0.3, -0.25) is 0 Å². The number of hydrogen-bond donors (Lipinski definition) is 0. The highest BCUT2D eigenvalue weighted by Crippen LogP contribution is 2.26. The lowest BCUT2D eigenvalue weighted by molar-refractivity contribution is 0.453. The maximum absolute atomic E-state index is 5.83. The molecule has 1 nitrogen and oxygen atoms in total. The molecule has 2 rings (SSSR count). The van der Waals surface area contributed by atoms with Crippen LogP contribution in [0.4, 0.5) is 0 Å². The maximum atomic E-state index is 5.83. The van der Waals surface area contributed by atoms with Crippen LogP contribution in [0, 0.1) is 0 Å². The van der Waals surface area contributed by atoms with Gasteiger partial charge in [0.1, 0.15) is 0 Å². The summed E-state index contributed by atoms with van der Waals surface area (Å²) in [6.45, 7) is 2.04. The molecule has 1 aliphatic rings. The minimum atomic E-state index is 0.703. The molecule has 0 amide bonds. The molecule has 13 heavy (non-hydrogen) atoms. The smallest absolute Gasteiger partial charge is 0.0406 e. The van der Waals surface area contributed by atoms with E-state index in [1.165, 1.54) is 18.4 Å². The van der Waals surface area contributed by atoms with E-state index in [4.69, 9.17) is 11.6 Å². The van der Waals surface area contributed by atoms with E-state index in [1.54, 1.807) is 0 Å². The first kappa shape index (κ1) is 9.04. The predicted octanol–water partition coefficient (Wildman–Crippen LogP) is 2.82. The molecule has 1 heterocycles. The summed E-state index contributed by atoms with van der Waals surface area (Å²) in [7, 11) is 0. The van der Waals surface area contributed by atoms with Crippen LogP contribution in [0.5, 0.6) is 0 Å². The highest BCUT2D eigenvalue weighted by molar-refractivity contribution is 6.30. The van der Waals surface area contributed by atoms with Crippen LogP contribution >= 0.6 is 11.6 Å². The molecule has 69 valence electrons. The Bertz CT molecular complexity index is 262. The first-order valence-corrected chi connectivity index (χ1v) is 5.13. The van der Waals surface area contributed by atoms with E-state index in [2.05, 4.69) is 17.4 Å². The molecule has 0 aliphatic carbocycles. The second-order valence-electron chi connectivity index (χ2n) is 3.50. The fourth-order valence-corrected chi connectivity index (χ4v) is 1.94. The lowest BCUT2D eigenvalue weighted by atomic mass is 9.90. The lowest BCUT2D eigenvalue weighted by Crippen LogP contribution is -2.20. The van der Waals surface area contributed by atoms with E-state index in [1.807, 2.05) is 12.1 Å². The third kappa shape index (κ3) is 2.23. The molecule has 1 radical (unpaired) electrons. The molecular weight excluding hydrogens is 182 g/mol. The zero-order valence-electron chi connectivity index (χ0n) is 7.54. The van der Waals surface area contributed by atoms with Crippen molar-refractivity contribution < 1.29 is 0 Å². The van der Waals surface area contributed by atoms with E-state index in [0.717, 1.165) is 18.1 Å². The Kier molecular flexibility index (Phi) is 2.87. The Balaban J connectivity index is 2.10. The van der Waals surface area contributed by atoms with Crippen molar-refractivity contribution in [3.63, 3.8) is 0 Å². The van der Waals surface area contributed by atoms with Crippen molar-refractivity contribution in [3.8, 4) is 0 Å². The van der Waals surface area contributed by atoms with Crippen molar-refractivity contribution in [1.82, 2.24) is 5.32 Å². The predicted molar refractivity (Wildman–Crippen MR) is 55.3 cm³/mol. The Morgan fingerprint density at radius 2 is 1.69 bits per heavy atom. The monoisotopic (exact) mass is 194 g/mol. The summed E-state index contributed by atoms with van der Waals surface area (Å²) in [6, 6.07) is 8.22. The van der Waals surface area contributed by atoms with E-state index in [0.29, 0.717) is 5.92 Å². The zero-order valence-corrected chi connectivity index (χ0v) is 8.30. The minimum Gasteiger partial charge on any atom is -0.242 e. The lowest BCUT2D eigenvalue weighted by Gasteiger charge is -2.21. The maximum Gasteiger partial charge on any atom is 0.0406 e. The molecule has 0 unspecified atom stereocenters. The standard InChI is InChI=1S/C11H13ClN/c12-11-3-1-9(2-4-11)10-5-7-13-8-6-10/h1-4,10H,5-8H2. The van der Waals surface area contributed by atoms with Gasteiger partial charge in [-0.2, -0.15) is 0 Å². The SMILES string of the molecule is Clc1ccc(C2CC[N]CC2)cc1. The summed E-state index contributed by atoms with van der Waals surface area (Å²) in [5.74, 6) is 0.703. The Morgan fingerprint density at radius 3 is 2.31 bits per heavy atom. The molecule has 1 aromatic rings. The summed E-state index contributed by atoms with van der Waals surface area (Å²) >= 11 is 5.83. The number of piperidine rings is 1. The van der Waals surface area contributed by atoms with Crippen LogP contribution in [0.2, 0.25) is 5.02 Å². The summed E-state index contributed by atoms with van der Waals surface area (Å²) in [5, 5.41) is 5.17. The molecule has 0 saturated carbocycles. The van der Waals surface area contributed by atoms with Gasteiger partial charge in [-0.1, -0.05) is 23.7 Å². The van der Waals surface area contributed by atoms with Crippen LogP contribution in [0.3, 0.4) is 0 Å². The molecule has 1 aliphatic heterocycles. The average molecular weight is 195 g/mol. The molecule has 0 spiro atoms. The van der Waals surface area contributed by atoms with Crippen molar-refractivity contribution in [2.24, 2.45) is 0 Å². The van der Waals surface area contributed by atoms with Crippen molar-refractivity contribution in [3.05, 3.63) is 34.9 Å². The molecule has 0 aromatic heterocycles. The quantitative estimate of drug-likeness (QED) is 0.653. The molecule has 0 bridgehead atoms. The van der Waals surface area contributed by atoms with Crippen molar-refractivity contribution in [2.75, 3.05) is 13.1 Å². The van der Waals surface area contributed by atoms with Gasteiger partial charge in [-0.05, 0) is 36.5 Å². The van der Waals surface area contributed by atoms with Gasteiger partial charge < -0.3 is 0 Å². The largest absolute Gasteiger partial charge is 0.242 e. The number of hydrogen-bond acceptors (Lipinski definition) is 0. The van der Waals surface area contributed by atoms with Crippen LogP contribution in [0.1, 0.15) is 24.3 Å². The number of halogens is 1. The molecule has 0 atom stereocenters. The van der Waals surface area contributed by atoms with Gasteiger partial charge in [0.05, 0.1) is 0 Å². The van der Waals surface area contributed by atoms with Gasteiger partial charge in [0.25, 0.3) is 0 Å². The number of nitrogens with zero attached hydrogens (tertiary/aromatic N) is 1. The molecule has 1 saturated heterocycles. The zero-order chi connectivity index (χ0) is 9.10. The number of benzene rings is 1. The van der Waals surface area contributed by atoms with Crippen molar-refractivity contribution in [2.45, 2.75) is 18.8 Å². The fraction of sp³-hybridized carbons (Fsp3) is 0.455. The van der Waals surface area contributed by atoms with Gasteiger partial charge in [0.2, 0.25) is 0 Å². The highest BCUT2D eigenvalue weighted by atomic mass is 35.5. The van der Waals surface area contributed by atoms with Gasteiger partial charge in [-0.25, -0.2) is 5.32 Å². The van der Waals surface area contributed by atoms with E-state index >= 15 is 0 Å².